The minimum atomic E-state index is -0.395. The van der Waals surface area contributed by atoms with Crippen LogP contribution in [0.2, 0.25) is 0 Å². The van der Waals surface area contributed by atoms with Crippen molar-refractivity contribution < 1.29 is 9.84 Å². The van der Waals surface area contributed by atoms with E-state index in [0.717, 1.165) is 18.7 Å². The molecule has 3 heteroatoms. The van der Waals surface area contributed by atoms with E-state index in [1.165, 1.54) is 11.1 Å². The first kappa shape index (κ1) is 17.0. The van der Waals surface area contributed by atoms with Crippen molar-refractivity contribution in [1.29, 1.82) is 0 Å². The Hall–Kier alpha value is -1.06. The van der Waals surface area contributed by atoms with Crippen molar-refractivity contribution in [2.24, 2.45) is 0 Å². The lowest BCUT2D eigenvalue weighted by Gasteiger charge is -2.29. The first-order valence-corrected chi connectivity index (χ1v) is 7.51. The van der Waals surface area contributed by atoms with Gasteiger partial charge in [0.1, 0.15) is 12.4 Å². The Labute approximate surface area is 123 Å². The highest BCUT2D eigenvalue weighted by Gasteiger charge is 2.24. The Morgan fingerprint density at radius 1 is 1.35 bits per heavy atom. The maximum absolute atomic E-state index is 9.58. The molecule has 0 aliphatic heterocycles. The molecule has 0 aliphatic rings. The fourth-order valence-corrected chi connectivity index (χ4v) is 2.06. The summed E-state index contributed by atoms with van der Waals surface area (Å²) in [5, 5.41) is 12.9. The molecule has 0 bridgehead atoms. The molecule has 0 spiro atoms. The summed E-state index contributed by atoms with van der Waals surface area (Å²) < 4.78 is 6.01. The lowest BCUT2D eigenvalue weighted by molar-refractivity contribution is 0.115. The van der Waals surface area contributed by atoms with Gasteiger partial charge in [-0.15, -0.1) is 0 Å². The van der Waals surface area contributed by atoms with Crippen molar-refractivity contribution in [2.75, 3.05) is 19.8 Å². The van der Waals surface area contributed by atoms with Crippen LogP contribution in [0.4, 0.5) is 0 Å². The van der Waals surface area contributed by atoms with Gasteiger partial charge in [-0.3, -0.25) is 0 Å². The Bertz CT molecular complexity index is 417. The second-order valence-electron chi connectivity index (χ2n) is 6.13. The standard InChI is InChI=1S/C17H29NO2/c1-6-9-18-17(5,11-19)12-20-16-10-14(4)7-8-15(16)13(2)3/h7-8,10,13,18-19H,6,9,11-12H2,1-5H3. The van der Waals surface area contributed by atoms with Crippen LogP contribution in [0.1, 0.15) is 51.2 Å². The molecular weight excluding hydrogens is 250 g/mol. The molecule has 0 heterocycles. The van der Waals surface area contributed by atoms with Gasteiger partial charge in [0.05, 0.1) is 12.1 Å². The third kappa shape index (κ3) is 4.80. The molecular formula is C17H29NO2. The van der Waals surface area contributed by atoms with Crippen molar-refractivity contribution in [3.05, 3.63) is 29.3 Å². The van der Waals surface area contributed by atoms with E-state index in [2.05, 4.69) is 51.2 Å². The molecule has 0 aromatic heterocycles. The zero-order chi connectivity index (χ0) is 15.2. The van der Waals surface area contributed by atoms with Crippen LogP contribution in [-0.2, 0) is 0 Å². The molecule has 1 atom stereocenters. The maximum Gasteiger partial charge on any atom is 0.123 e. The minimum Gasteiger partial charge on any atom is -0.491 e. The molecule has 0 fully saturated rings. The summed E-state index contributed by atoms with van der Waals surface area (Å²) in [5.41, 5.74) is 2.01. The normalized spacial score (nSPS) is 14.3. The predicted octanol–water partition coefficient (Wildman–Crippen LogP) is 3.25. The van der Waals surface area contributed by atoms with E-state index < -0.39 is 5.54 Å². The summed E-state index contributed by atoms with van der Waals surface area (Å²) in [6.45, 7) is 11.9. The van der Waals surface area contributed by atoms with Gasteiger partial charge in [0.25, 0.3) is 0 Å². The van der Waals surface area contributed by atoms with Crippen LogP contribution >= 0.6 is 0 Å². The Morgan fingerprint density at radius 2 is 2.05 bits per heavy atom. The van der Waals surface area contributed by atoms with Crippen molar-refractivity contribution >= 4 is 0 Å². The third-order valence-electron chi connectivity index (χ3n) is 3.49. The molecule has 1 rings (SSSR count). The summed E-state index contributed by atoms with van der Waals surface area (Å²) >= 11 is 0. The fraction of sp³-hybridized carbons (Fsp3) is 0.647. The van der Waals surface area contributed by atoms with Crippen molar-refractivity contribution in [2.45, 2.75) is 52.5 Å². The van der Waals surface area contributed by atoms with E-state index in [1.807, 2.05) is 6.92 Å². The van der Waals surface area contributed by atoms with Gasteiger partial charge < -0.3 is 15.2 Å². The van der Waals surface area contributed by atoms with Gasteiger partial charge in [0, 0.05) is 0 Å². The summed E-state index contributed by atoms with van der Waals surface area (Å²) in [6.07, 6.45) is 1.04. The molecule has 1 aromatic rings. The number of rotatable bonds is 8. The zero-order valence-corrected chi connectivity index (χ0v) is 13.5. The molecule has 114 valence electrons. The Kier molecular flexibility index (Phi) is 6.50. The van der Waals surface area contributed by atoms with Crippen LogP contribution in [-0.4, -0.2) is 30.4 Å². The van der Waals surface area contributed by atoms with Crippen LogP contribution in [0.5, 0.6) is 5.75 Å². The SMILES string of the molecule is CCCNC(C)(CO)COc1cc(C)ccc1C(C)C. The number of aliphatic hydroxyl groups excluding tert-OH is 1. The number of ether oxygens (including phenoxy) is 1. The average molecular weight is 279 g/mol. The molecule has 0 radical (unpaired) electrons. The first-order valence-electron chi connectivity index (χ1n) is 7.51. The molecule has 0 saturated carbocycles. The summed E-state index contributed by atoms with van der Waals surface area (Å²) in [4.78, 5) is 0. The van der Waals surface area contributed by atoms with Crippen LogP contribution in [0.25, 0.3) is 0 Å². The van der Waals surface area contributed by atoms with Crippen LogP contribution in [0.15, 0.2) is 18.2 Å². The van der Waals surface area contributed by atoms with Crippen molar-refractivity contribution in [1.82, 2.24) is 5.32 Å². The molecule has 0 saturated heterocycles. The molecule has 2 N–H and O–H groups in total. The highest BCUT2D eigenvalue weighted by molar-refractivity contribution is 5.39. The van der Waals surface area contributed by atoms with Gasteiger partial charge in [0.2, 0.25) is 0 Å². The largest absolute Gasteiger partial charge is 0.491 e. The summed E-state index contributed by atoms with van der Waals surface area (Å²) in [6, 6.07) is 6.32. The number of hydrogen-bond donors (Lipinski definition) is 2. The quantitative estimate of drug-likeness (QED) is 0.767. The lowest BCUT2D eigenvalue weighted by atomic mass is 10.00. The van der Waals surface area contributed by atoms with Gasteiger partial charge in [-0.05, 0) is 49.9 Å². The van der Waals surface area contributed by atoms with Crippen molar-refractivity contribution in [3.63, 3.8) is 0 Å². The van der Waals surface area contributed by atoms with E-state index in [4.69, 9.17) is 4.74 Å². The smallest absolute Gasteiger partial charge is 0.123 e. The number of aryl methyl sites for hydroxylation is 1. The Morgan fingerprint density at radius 3 is 2.60 bits per heavy atom. The molecule has 3 nitrogen and oxygen atoms in total. The second kappa shape index (κ2) is 7.65. The summed E-state index contributed by atoms with van der Waals surface area (Å²) in [5.74, 6) is 1.35. The first-order chi connectivity index (χ1) is 9.41. The second-order valence-corrected chi connectivity index (χ2v) is 6.13. The van der Waals surface area contributed by atoms with Gasteiger partial charge in [-0.25, -0.2) is 0 Å². The monoisotopic (exact) mass is 279 g/mol. The molecule has 0 amide bonds. The topological polar surface area (TPSA) is 41.5 Å². The van der Waals surface area contributed by atoms with Crippen LogP contribution in [0, 0.1) is 6.92 Å². The van der Waals surface area contributed by atoms with Gasteiger partial charge in [0.15, 0.2) is 0 Å². The lowest BCUT2D eigenvalue weighted by Crippen LogP contribution is -2.50. The van der Waals surface area contributed by atoms with Crippen LogP contribution in [0.3, 0.4) is 0 Å². The van der Waals surface area contributed by atoms with Crippen LogP contribution < -0.4 is 10.1 Å². The number of aliphatic hydroxyl groups is 1. The number of benzene rings is 1. The molecule has 1 unspecified atom stereocenters. The number of nitrogens with one attached hydrogen (secondary N) is 1. The average Bonchev–Trinajstić information content (AvgIpc) is 2.42. The molecule has 20 heavy (non-hydrogen) atoms. The Balaban J connectivity index is 2.79. The zero-order valence-electron chi connectivity index (χ0n) is 13.5. The highest BCUT2D eigenvalue weighted by Crippen LogP contribution is 2.28. The van der Waals surface area contributed by atoms with E-state index in [0.29, 0.717) is 12.5 Å². The maximum atomic E-state index is 9.58. The minimum absolute atomic E-state index is 0.0653. The molecule has 0 aliphatic carbocycles. The van der Waals surface area contributed by atoms with E-state index in [9.17, 15) is 5.11 Å². The van der Waals surface area contributed by atoms with Gasteiger partial charge in [-0.1, -0.05) is 32.9 Å². The molecule has 1 aromatic carbocycles. The summed E-state index contributed by atoms with van der Waals surface area (Å²) in [7, 11) is 0. The van der Waals surface area contributed by atoms with Gasteiger partial charge >= 0.3 is 0 Å². The van der Waals surface area contributed by atoms with Crippen molar-refractivity contribution in [3.8, 4) is 5.75 Å². The highest BCUT2D eigenvalue weighted by atomic mass is 16.5. The van der Waals surface area contributed by atoms with E-state index in [1.54, 1.807) is 0 Å². The van der Waals surface area contributed by atoms with Gasteiger partial charge in [-0.2, -0.15) is 0 Å². The number of hydrogen-bond acceptors (Lipinski definition) is 3. The predicted molar refractivity (Wildman–Crippen MR) is 84.5 cm³/mol. The third-order valence-corrected chi connectivity index (χ3v) is 3.49. The van der Waals surface area contributed by atoms with E-state index in [-0.39, 0.29) is 6.61 Å². The fourth-order valence-electron chi connectivity index (χ4n) is 2.06. The van der Waals surface area contributed by atoms with E-state index >= 15 is 0 Å².